The van der Waals surface area contributed by atoms with Crippen molar-refractivity contribution in [2.75, 3.05) is 18.2 Å². The first-order valence-electron chi connectivity index (χ1n) is 10.4. The molecule has 3 aromatic heterocycles. The smallest absolute Gasteiger partial charge is 0.218 e. The van der Waals surface area contributed by atoms with Gasteiger partial charge in [-0.1, -0.05) is 13.8 Å². The maximum Gasteiger partial charge on any atom is 0.218 e. The first kappa shape index (κ1) is 24.3. The van der Waals surface area contributed by atoms with E-state index in [4.69, 9.17) is 10.5 Å². The number of hydrogen-bond donors (Lipinski definition) is 2. The molecule has 4 heterocycles. The van der Waals surface area contributed by atoms with Crippen molar-refractivity contribution < 1.29 is 17.5 Å². The molecule has 33 heavy (non-hydrogen) atoms. The van der Waals surface area contributed by atoms with Gasteiger partial charge in [0.2, 0.25) is 5.95 Å². The number of methoxy groups -OCH3 is 1. The summed E-state index contributed by atoms with van der Waals surface area (Å²) in [6.45, 7) is 6.97. The first-order valence-corrected chi connectivity index (χ1v) is 12.0. The average molecular weight is 475 g/mol. The summed E-state index contributed by atoms with van der Waals surface area (Å²) < 4.78 is 43.7. The lowest BCUT2D eigenvalue weighted by Gasteiger charge is -2.31. The van der Waals surface area contributed by atoms with Crippen LogP contribution < -0.4 is 15.8 Å². The number of anilines is 2. The van der Waals surface area contributed by atoms with Crippen molar-refractivity contribution in [3.63, 3.8) is 0 Å². The number of ether oxygens (including phenoxy) is 1. The van der Waals surface area contributed by atoms with Crippen LogP contribution in [0.4, 0.5) is 15.9 Å². The van der Waals surface area contributed by atoms with Crippen LogP contribution in [0.15, 0.2) is 41.8 Å². The lowest BCUT2D eigenvalue weighted by Crippen LogP contribution is -2.50. The third kappa shape index (κ3) is 4.58. The summed E-state index contributed by atoms with van der Waals surface area (Å²) in [5.41, 5.74) is 6.92. The molecule has 1 aliphatic heterocycles. The summed E-state index contributed by atoms with van der Waals surface area (Å²) in [4.78, 5) is 16.7. The second-order valence-corrected chi connectivity index (χ2v) is 10.2. The Bertz CT molecular complexity index is 1310. The summed E-state index contributed by atoms with van der Waals surface area (Å²) in [6, 6.07) is 4.07. The fourth-order valence-electron chi connectivity index (χ4n) is 3.24. The SMILES string of the molecule is CC.COc1cnc2c(Nc3cnc(F)c(C4CS(=O)(=O)C(C)(C)C(N)=N4)c3)nccc2c1. The molecule has 3 aromatic rings. The Balaban J connectivity index is 0.00000149. The molecule has 0 fully saturated rings. The van der Waals surface area contributed by atoms with Gasteiger partial charge >= 0.3 is 0 Å². The summed E-state index contributed by atoms with van der Waals surface area (Å²) in [5, 5.41) is 3.86. The van der Waals surface area contributed by atoms with Crippen LogP contribution in [0.5, 0.6) is 5.75 Å². The predicted octanol–water partition coefficient (Wildman–Crippen LogP) is 3.55. The molecule has 0 spiro atoms. The zero-order valence-corrected chi connectivity index (χ0v) is 19.9. The highest BCUT2D eigenvalue weighted by molar-refractivity contribution is 7.93. The Kier molecular flexibility index (Phi) is 6.82. The van der Waals surface area contributed by atoms with Gasteiger partial charge in [-0.25, -0.2) is 23.4 Å². The zero-order valence-electron chi connectivity index (χ0n) is 19.1. The second-order valence-electron chi connectivity index (χ2n) is 7.66. The molecule has 0 bridgehead atoms. The highest BCUT2D eigenvalue weighted by Gasteiger charge is 2.44. The van der Waals surface area contributed by atoms with Crippen molar-refractivity contribution in [1.29, 1.82) is 0 Å². The van der Waals surface area contributed by atoms with Gasteiger partial charge in [0, 0.05) is 17.1 Å². The summed E-state index contributed by atoms with van der Waals surface area (Å²) in [7, 11) is -2.08. The van der Waals surface area contributed by atoms with Crippen molar-refractivity contribution in [3.05, 3.63) is 48.3 Å². The number of nitrogens with zero attached hydrogens (tertiary/aromatic N) is 4. The Hall–Kier alpha value is -3.34. The Morgan fingerprint density at radius 2 is 1.91 bits per heavy atom. The van der Waals surface area contributed by atoms with Crippen LogP contribution in [0.2, 0.25) is 0 Å². The fraction of sp³-hybridized carbons (Fsp3) is 0.364. The van der Waals surface area contributed by atoms with Gasteiger partial charge in [-0.2, -0.15) is 4.39 Å². The van der Waals surface area contributed by atoms with E-state index in [0.29, 0.717) is 22.8 Å². The lowest BCUT2D eigenvalue weighted by atomic mass is 10.1. The molecule has 0 saturated heterocycles. The minimum atomic E-state index is -3.64. The molecule has 4 rings (SSSR count). The number of sulfone groups is 1. The molecule has 1 unspecified atom stereocenters. The molecular formula is C22H27FN6O3S. The third-order valence-electron chi connectivity index (χ3n) is 5.36. The number of amidine groups is 1. The third-order valence-corrected chi connectivity index (χ3v) is 7.88. The van der Waals surface area contributed by atoms with Gasteiger partial charge in [0.25, 0.3) is 0 Å². The first-order chi connectivity index (χ1) is 15.6. The molecular weight excluding hydrogens is 447 g/mol. The van der Waals surface area contributed by atoms with Crippen molar-refractivity contribution in [3.8, 4) is 5.75 Å². The standard InChI is InChI=1S/C20H21FN6O3S.C2H6/c1-20(2)19(22)27-15(10-31(20,28)29)14-7-12(8-25-17(14)21)26-18-16-11(4-5-23-18)6-13(30-3)9-24-16;1-2/h4-9,15H,10H2,1-3H3,(H2,22,27)(H,23,26);1-2H3. The molecule has 9 nitrogen and oxygen atoms in total. The number of fused-ring (bicyclic) bond motifs is 1. The summed E-state index contributed by atoms with van der Waals surface area (Å²) >= 11 is 0. The molecule has 0 radical (unpaired) electrons. The lowest BCUT2D eigenvalue weighted by molar-refractivity contribution is 0.414. The molecule has 11 heteroatoms. The molecule has 0 amide bonds. The van der Waals surface area contributed by atoms with E-state index in [2.05, 4.69) is 25.3 Å². The number of hydrogen-bond acceptors (Lipinski definition) is 9. The van der Waals surface area contributed by atoms with Crippen LogP contribution >= 0.6 is 0 Å². The van der Waals surface area contributed by atoms with Crippen LogP contribution in [0.25, 0.3) is 10.9 Å². The van der Waals surface area contributed by atoms with E-state index >= 15 is 0 Å². The number of nitrogens with one attached hydrogen (secondary N) is 1. The Labute approximate surface area is 192 Å². The molecule has 0 aromatic carbocycles. The van der Waals surface area contributed by atoms with Crippen LogP contribution in [-0.2, 0) is 9.84 Å². The summed E-state index contributed by atoms with van der Waals surface area (Å²) in [5.74, 6) is -0.199. The van der Waals surface area contributed by atoms with E-state index < -0.39 is 26.6 Å². The summed E-state index contributed by atoms with van der Waals surface area (Å²) in [6.07, 6.45) is 4.46. The number of nitrogens with two attached hydrogens (primary N) is 1. The normalized spacial score (nSPS) is 18.6. The highest BCUT2D eigenvalue weighted by Crippen LogP contribution is 2.34. The van der Waals surface area contributed by atoms with E-state index in [1.807, 2.05) is 19.9 Å². The largest absolute Gasteiger partial charge is 0.495 e. The van der Waals surface area contributed by atoms with Gasteiger partial charge in [0.05, 0.1) is 37.0 Å². The van der Waals surface area contributed by atoms with Crippen LogP contribution in [0, 0.1) is 5.95 Å². The minimum Gasteiger partial charge on any atom is -0.495 e. The van der Waals surface area contributed by atoms with Crippen LogP contribution in [-0.4, -0.2) is 46.8 Å². The molecule has 0 saturated carbocycles. The van der Waals surface area contributed by atoms with Crippen molar-refractivity contribution in [2.45, 2.75) is 38.5 Å². The van der Waals surface area contributed by atoms with Crippen LogP contribution in [0.3, 0.4) is 0 Å². The number of pyridine rings is 3. The molecule has 1 aliphatic rings. The predicted molar refractivity (Wildman–Crippen MR) is 127 cm³/mol. The number of aliphatic imine (C=N–C) groups is 1. The second kappa shape index (κ2) is 9.26. The van der Waals surface area contributed by atoms with Crippen LogP contribution in [0.1, 0.15) is 39.3 Å². The zero-order chi connectivity index (χ0) is 24.4. The number of rotatable bonds is 4. The maximum atomic E-state index is 14.5. The van der Waals surface area contributed by atoms with E-state index in [0.717, 1.165) is 5.39 Å². The van der Waals surface area contributed by atoms with Gasteiger partial charge in [-0.05, 0) is 32.0 Å². The van der Waals surface area contributed by atoms with Crippen molar-refractivity contribution in [1.82, 2.24) is 15.0 Å². The van der Waals surface area contributed by atoms with E-state index in [1.54, 1.807) is 25.6 Å². The van der Waals surface area contributed by atoms with Gasteiger partial charge in [-0.15, -0.1) is 0 Å². The van der Waals surface area contributed by atoms with Gasteiger partial charge in [0.1, 0.15) is 21.8 Å². The molecule has 3 N–H and O–H groups in total. The monoisotopic (exact) mass is 474 g/mol. The van der Waals surface area contributed by atoms with E-state index in [-0.39, 0.29) is 17.2 Å². The topological polar surface area (TPSA) is 132 Å². The molecule has 1 atom stereocenters. The fourth-order valence-corrected chi connectivity index (χ4v) is 4.70. The molecule has 176 valence electrons. The average Bonchev–Trinajstić information content (AvgIpc) is 2.79. The highest BCUT2D eigenvalue weighted by atomic mass is 32.2. The minimum absolute atomic E-state index is 0.0295. The number of halogens is 1. The van der Waals surface area contributed by atoms with Gasteiger partial charge in [0.15, 0.2) is 15.7 Å². The molecule has 0 aliphatic carbocycles. The number of aromatic nitrogens is 3. The van der Waals surface area contributed by atoms with E-state index in [1.165, 1.54) is 26.1 Å². The van der Waals surface area contributed by atoms with Crippen molar-refractivity contribution in [2.24, 2.45) is 10.7 Å². The quantitative estimate of drug-likeness (QED) is 0.549. The maximum absolute atomic E-state index is 14.5. The Morgan fingerprint density at radius 1 is 1.18 bits per heavy atom. The Morgan fingerprint density at radius 3 is 2.58 bits per heavy atom. The van der Waals surface area contributed by atoms with Gasteiger partial charge in [-0.3, -0.25) is 4.99 Å². The van der Waals surface area contributed by atoms with Crippen molar-refractivity contribution >= 4 is 38.1 Å². The van der Waals surface area contributed by atoms with E-state index in [9.17, 15) is 12.8 Å². The van der Waals surface area contributed by atoms with Gasteiger partial charge < -0.3 is 15.8 Å².